The predicted molar refractivity (Wildman–Crippen MR) is 59.0 cm³/mol. The van der Waals surface area contributed by atoms with E-state index >= 15 is 0 Å². The first-order valence-electron chi connectivity index (χ1n) is 4.42. The highest BCUT2D eigenvalue weighted by Crippen LogP contribution is 2.27. The minimum atomic E-state index is 0.139. The van der Waals surface area contributed by atoms with Gasteiger partial charge in [-0.3, -0.25) is 9.69 Å². The van der Waals surface area contributed by atoms with Crippen molar-refractivity contribution in [3.05, 3.63) is 5.01 Å². The van der Waals surface area contributed by atoms with E-state index in [9.17, 15) is 4.79 Å². The molecule has 1 aromatic heterocycles. The Balaban J connectivity index is 2.16. The molecule has 0 saturated carbocycles. The van der Waals surface area contributed by atoms with Crippen LogP contribution in [0.25, 0.3) is 0 Å². The highest BCUT2D eigenvalue weighted by Gasteiger charge is 2.31. The van der Waals surface area contributed by atoms with E-state index in [0.29, 0.717) is 12.3 Å². The van der Waals surface area contributed by atoms with Crippen molar-refractivity contribution < 1.29 is 4.79 Å². The maximum atomic E-state index is 11.6. The molecular formula is C8H11N3OS2. The van der Waals surface area contributed by atoms with Gasteiger partial charge in [-0.05, 0) is 18.6 Å². The lowest BCUT2D eigenvalue weighted by Crippen LogP contribution is -2.24. The molecule has 1 aromatic rings. The minimum absolute atomic E-state index is 0.139. The molecule has 6 heteroatoms. The van der Waals surface area contributed by atoms with E-state index in [1.807, 2.05) is 6.92 Å². The van der Waals surface area contributed by atoms with E-state index in [1.165, 1.54) is 11.3 Å². The average molecular weight is 229 g/mol. The summed E-state index contributed by atoms with van der Waals surface area (Å²) in [5.74, 6) is 1.25. The van der Waals surface area contributed by atoms with Crippen molar-refractivity contribution in [1.29, 1.82) is 0 Å². The lowest BCUT2D eigenvalue weighted by atomic mass is 10.1. The number of aryl methyl sites for hydroxylation is 1. The molecule has 1 atom stereocenters. The Bertz CT molecular complexity index is 352. The molecular weight excluding hydrogens is 218 g/mol. The maximum absolute atomic E-state index is 11.6. The smallest absolute Gasteiger partial charge is 0.229 e. The second kappa shape index (κ2) is 3.86. The quantitative estimate of drug-likeness (QED) is 0.773. The summed E-state index contributed by atoms with van der Waals surface area (Å²) in [6, 6.07) is 0. The predicted octanol–water partition coefficient (Wildman–Crippen LogP) is 1.13. The third-order valence-corrected chi connectivity index (χ3v) is 3.59. The number of carbonyl (C=O) groups excluding carboxylic acids is 1. The third-order valence-electron chi connectivity index (χ3n) is 2.21. The molecule has 76 valence electrons. The molecule has 14 heavy (non-hydrogen) atoms. The van der Waals surface area contributed by atoms with Crippen LogP contribution >= 0.6 is 24.0 Å². The monoisotopic (exact) mass is 229 g/mol. The van der Waals surface area contributed by atoms with Gasteiger partial charge in [-0.15, -0.1) is 10.2 Å². The van der Waals surface area contributed by atoms with Crippen LogP contribution in [0.3, 0.4) is 0 Å². The normalized spacial score (nSPS) is 22.0. The molecule has 2 rings (SSSR count). The zero-order chi connectivity index (χ0) is 10.1. The van der Waals surface area contributed by atoms with Gasteiger partial charge in [0, 0.05) is 13.0 Å². The molecule has 0 N–H and O–H groups in total. The van der Waals surface area contributed by atoms with Crippen LogP contribution in [-0.2, 0) is 4.79 Å². The van der Waals surface area contributed by atoms with Gasteiger partial charge in [-0.2, -0.15) is 12.6 Å². The van der Waals surface area contributed by atoms with E-state index in [0.717, 1.165) is 22.4 Å². The maximum Gasteiger partial charge on any atom is 0.229 e. The van der Waals surface area contributed by atoms with Crippen molar-refractivity contribution in [2.24, 2.45) is 5.92 Å². The number of hydrogen-bond donors (Lipinski definition) is 1. The Labute approximate surface area is 91.7 Å². The average Bonchev–Trinajstić information content (AvgIpc) is 2.71. The van der Waals surface area contributed by atoms with Crippen LogP contribution in [-0.4, -0.2) is 28.4 Å². The zero-order valence-corrected chi connectivity index (χ0v) is 9.51. The molecule has 0 aliphatic carbocycles. The Hall–Kier alpha value is -0.620. The van der Waals surface area contributed by atoms with Crippen molar-refractivity contribution in [3.8, 4) is 0 Å². The van der Waals surface area contributed by atoms with Crippen molar-refractivity contribution >= 4 is 35.0 Å². The fourth-order valence-electron chi connectivity index (χ4n) is 1.48. The number of aromatic nitrogens is 2. The first kappa shape index (κ1) is 9.92. The Morgan fingerprint density at radius 2 is 2.43 bits per heavy atom. The van der Waals surface area contributed by atoms with Gasteiger partial charge >= 0.3 is 0 Å². The number of rotatable bonds is 2. The van der Waals surface area contributed by atoms with Crippen molar-refractivity contribution in [2.45, 2.75) is 13.3 Å². The standard InChI is InChI=1S/C8H11N3OS2/c1-5-9-10-8(14-5)11-3-6(4-13)2-7(11)12/h6,13H,2-4H2,1H3. The van der Waals surface area contributed by atoms with Crippen LogP contribution in [0.2, 0.25) is 0 Å². The van der Waals surface area contributed by atoms with Gasteiger partial charge in [0.15, 0.2) is 0 Å². The lowest BCUT2D eigenvalue weighted by Gasteiger charge is -2.10. The lowest BCUT2D eigenvalue weighted by molar-refractivity contribution is -0.117. The first-order valence-corrected chi connectivity index (χ1v) is 5.87. The van der Waals surface area contributed by atoms with Gasteiger partial charge in [0.2, 0.25) is 11.0 Å². The summed E-state index contributed by atoms with van der Waals surface area (Å²) in [7, 11) is 0. The van der Waals surface area contributed by atoms with Gasteiger partial charge in [-0.1, -0.05) is 11.3 Å². The summed E-state index contributed by atoms with van der Waals surface area (Å²) in [6.07, 6.45) is 0.585. The summed E-state index contributed by atoms with van der Waals surface area (Å²) >= 11 is 5.66. The fourth-order valence-corrected chi connectivity index (χ4v) is 2.44. The van der Waals surface area contributed by atoms with Gasteiger partial charge in [0.25, 0.3) is 0 Å². The van der Waals surface area contributed by atoms with E-state index in [4.69, 9.17) is 0 Å². The summed E-state index contributed by atoms with van der Waals surface area (Å²) < 4.78 is 0. The zero-order valence-electron chi connectivity index (χ0n) is 7.80. The summed E-state index contributed by atoms with van der Waals surface area (Å²) in [5, 5.41) is 9.48. The van der Waals surface area contributed by atoms with Gasteiger partial charge in [0.05, 0.1) is 0 Å². The van der Waals surface area contributed by atoms with Gasteiger partial charge in [-0.25, -0.2) is 0 Å². The highest BCUT2D eigenvalue weighted by atomic mass is 32.1. The van der Waals surface area contributed by atoms with Gasteiger partial charge < -0.3 is 0 Å². The van der Waals surface area contributed by atoms with Crippen LogP contribution in [0, 0.1) is 12.8 Å². The largest absolute Gasteiger partial charge is 0.286 e. The summed E-state index contributed by atoms with van der Waals surface area (Å²) in [6.45, 7) is 2.62. The van der Waals surface area contributed by atoms with Crippen molar-refractivity contribution in [2.75, 3.05) is 17.2 Å². The summed E-state index contributed by atoms with van der Waals surface area (Å²) in [5.41, 5.74) is 0. The molecule has 1 aliphatic heterocycles. The molecule has 1 unspecified atom stereocenters. The molecule has 1 amide bonds. The fraction of sp³-hybridized carbons (Fsp3) is 0.625. The number of amides is 1. The Morgan fingerprint density at radius 3 is 2.93 bits per heavy atom. The molecule has 0 radical (unpaired) electrons. The third kappa shape index (κ3) is 1.76. The molecule has 1 saturated heterocycles. The van der Waals surface area contributed by atoms with E-state index in [1.54, 1.807) is 4.90 Å². The summed E-state index contributed by atoms with van der Waals surface area (Å²) in [4.78, 5) is 13.3. The van der Waals surface area contributed by atoms with Crippen LogP contribution in [0.5, 0.6) is 0 Å². The molecule has 1 aliphatic rings. The number of hydrogen-bond acceptors (Lipinski definition) is 5. The van der Waals surface area contributed by atoms with E-state index in [-0.39, 0.29) is 5.91 Å². The van der Waals surface area contributed by atoms with Crippen LogP contribution < -0.4 is 4.90 Å². The molecule has 2 heterocycles. The van der Waals surface area contributed by atoms with Crippen LogP contribution in [0.1, 0.15) is 11.4 Å². The topological polar surface area (TPSA) is 46.1 Å². The second-order valence-electron chi connectivity index (χ2n) is 3.36. The SMILES string of the molecule is Cc1nnc(N2CC(CS)CC2=O)s1. The van der Waals surface area contributed by atoms with Crippen LogP contribution in [0.4, 0.5) is 5.13 Å². The highest BCUT2D eigenvalue weighted by molar-refractivity contribution is 7.80. The molecule has 1 fully saturated rings. The van der Waals surface area contributed by atoms with Crippen molar-refractivity contribution in [1.82, 2.24) is 10.2 Å². The minimum Gasteiger partial charge on any atom is -0.286 e. The number of thiol groups is 1. The second-order valence-corrected chi connectivity index (χ2v) is 4.89. The number of nitrogens with zero attached hydrogens (tertiary/aromatic N) is 3. The van der Waals surface area contributed by atoms with E-state index in [2.05, 4.69) is 22.8 Å². The Kier molecular flexibility index (Phi) is 2.73. The first-order chi connectivity index (χ1) is 6.70. The van der Waals surface area contributed by atoms with Crippen LogP contribution in [0.15, 0.2) is 0 Å². The van der Waals surface area contributed by atoms with E-state index < -0.39 is 0 Å². The molecule has 4 nitrogen and oxygen atoms in total. The number of carbonyl (C=O) groups is 1. The van der Waals surface area contributed by atoms with Gasteiger partial charge in [0.1, 0.15) is 5.01 Å². The number of anilines is 1. The molecule has 0 aromatic carbocycles. The molecule has 0 bridgehead atoms. The Morgan fingerprint density at radius 1 is 1.64 bits per heavy atom. The van der Waals surface area contributed by atoms with Crippen molar-refractivity contribution in [3.63, 3.8) is 0 Å². The molecule has 0 spiro atoms.